The van der Waals surface area contributed by atoms with Gasteiger partial charge in [-0.1, -0.05) is 11.6 Å². The summed E-state index contributed by atoms with van der Waals surface area (Å²) in [6.45, 7) is 1.87. The quantitative estimate of drug-likeness (QED) is 0.147. The molecule has 0 aromatic heterocycles. The summed E-state index contributed by atoms with van der Waals surface area (Å²) < 4.78 is 55.4. The topological polar surface area (TPSA) is 155 Å². The van der Waals surface area contributed by atoms with E-state index < -0.39 is 48.5 Å². The molecule has 2 atom stereocenters. The van der Waals surface area contributed by atoms with Gasteiger partial charge in [-0.2, -0.15) is 13.2 Å². The van der Waals surface area contributed by atoms with E-state index >= 15 is 0 Å². The first-order valence-electron chi connectivity index (χ1n) is 10.2. The Morgan fingerprint density at radius 1 is 1.26 bits per heavy atom. The molecule has 2 rings (SSSR count). The van der Waals surface area contributed by atoms with Crippen LogP contribution in [0.3, 0.4) is 0 Å². The molecule has 1 aromatic carbocycles. The molecule has 10 nitrogen and oxygen atoms in total. The van der Waals surface area contributed by atoms with Gasteiger partial charge in [-0.05, 0) is 43.5 Å². The number of amides is 1. The van der Waals surface area contributed by atoms with Crippen molar-refractivity contribution in [2.45, 2.75) is 45.0 Å². The van der Waals surface area contributed by atoms with E-state index in [0.29, 0.717) is 12.0 Å². The van der Waals surface area contributed by atoms with Crippen LogP contribution >= 0.6 is 11.6 Å². The van der Waals surface area contributed by atoms with Crippen LogP contribution in [0, 0.1) is 6.92 Å². The standard InChI is InChI=1S/C21H24ClF3N4O6/c1-10-6-13(22)7-12-8-14(17(21(23,24)25)35-16(10)12)18(31)33-9-34-19(32)15(29-11(2)30)4-3-5-28-20(26)27/h6-8,15,17H,3-5,9H2,1-2H3,(H,29,30)(H4,26,27,28)/t15-,17-/m0/s1. The van der Waals surface area contributed by atoms with Crippen molar-refractivity contribution < 1.29 is 41.8 Å². The third kappa shape index (κ3) is 8.05. The maximum absolute atomic E-state index is 13.6. The third-order valence-corrected chi connectivity index (χ3v) is 4.85. The molecule has 0 unspecified atom stereocenters. The van der Waals surface area contributed by atoms with Crippen LogP contribution in [0.25, 0.3) is 6.08 Å². The predicted octanol–water partition coefficient (Wildman–Crippen LogP) is 1.96. The molecule has 0 saturated carbocycles. The zero-order valence-electron chi connectivity index (χ0n) is 18.8. The minimum Gasteiger partial charge on any atom is -0.475 e. The molecule has 1 aromatic rings. The van der Waals surface area contributed by atoms with Crippen LogP contribution in [-0.2, 0) is 23.9 Å². The Morgan fingerprint density at radius 2 is 1.94 bits per heavy atom. The monoisotopic (exact) mass is 520 g/mol. The normalized spacial score (nSPS) is 15.6. The molecule has 1 aliphatic heterocycles. The van der Waals surface area contributed by atoms with Gasteiger partial charge in [0.05, 0.1) is 5.57 Å². The fraction of sp³-hybridized carbons (Fsp3) is 0.429. The number of carbonyl (C=O) groups is 3. The highest BCUT2D eigenvalue weighted by Crippen LogP contribution is 2.40. The Hall–Kier alpha value is -3.48. The number of nitrogens with two attached hydrogens (primary N) is 2. The molecule has 0 saturated heterocycles. The maximum Gasteiger partial charge on any atom is 0.430 e. The highest BCUT2D eigenvalue weighted by molar-refractivity contribution is 6.30. The second-order valence-electron chi connectivity index (χ2n) is 7.50. The Morgan fingerprint density at radius 3 is 2.54 bits per heavy atom. The van der Waals surface area contributed by atoms with E-state index in [2.05, 4.69) is 10.3 Å². The van der Waals surface area contributed by atoms with Crippen LogP contribution in [0.1, 0.15) is 30.9 Å². The molecule has 1 amide bonds. The smallest absolute Gasteiger partial charge is 0.430 e. The summed E-state index contributed by atoms with van der Waals surface area (Å²) in [5.41, 5.74) is 10.1. The number of alkyl halides is 3. The summed E-state index contributed by atoms with van der Waals surface area (Å²) in [6.07, 6.45) is -6.17. The van der Waals surface area contributed by atoms with Gasteiger partial charge in [0.2, 0.25) is 18.8 Å². The third-order valence-electron chi connectivity index (χ3n) is 4.63. The van der Waals surface area contributed by atoms with E-state index in [1.165, 1.54) is 26.0 Å². The summed E-state index contributed by atoms with van der Waals surface area (Å²) in [5.74, 6) is -3.12. The molecule has 0 bridgehead atoms. The summed E-state index contributed by atoms with van der Waals surface area (Å²) >= 11 is 5.95. The minimum absolute atomic E-state index is 0.0708. The van der Waals surface area contributed by atoms with Crippen LogP contribution in [0.4, 0.5) is 13.2 Å². The lowest BCUT2D eigenvalue weighted by molar-refractivity contribution is -0.190. The lowest BCUT2D eigenvalue weighted by atomic mass is 9.99. The Kier molecular flexibility index (Phi) is 9.34. The SMILES string of the molecule is CC(=O)N[C@@H](CCCN=C(N)N)C(=O)OCOC(=O)C1=Cc2cc(Cl)cc(C)c2O[C@@H]1C(F)(F)F. The number of esters is 2. The molecule has 35 heavy (non-hydrogen) atoms. The van der Waals surface area contributed by atoms with Crippen molar-refractivity contribution in [2.75, 3.05) is 13.3 Å². The fourth-order valence-corrected chi connectivity index (χ4v) is 3.46. The number of aliphatic imine (C=N–C) groups is 1. The number of hydrogen-bond donors (Lipinski definition) is 3. The van der Waals surface area contributed by atoms with Crippen LogP contribution in [-0.4, -0.2) is 55.5 Å². The molecule has 0 radical (unpaired) electrons. The number of fused-ring (bicyclic) bond motifs is 1. The molecule has 14 heteroatoms. The van der Waals surface area contributed by atoms with E-state index in [4.69, 9.17) is 37.3 Å². The van der Waals surface area contributed by atoms with Gasteiger partial charge in [0, 0.05) is 24.1 Å². The zero-order valence-corrected chi connectivity index (χ0v) is 19.5. The van der Waals surface area contributed by atoms with Crippen molar-refractivity contribution in [3.63, 3.8) is 0 Å². The van der Waals surface area contributed by atoms with E-state index in [9.17, 15) is 27.6 Å². The van der Waals surface area contributed by atoms with Crippen LogP contribution in [0.15, 0.2) is 22.7 Å². The first kappa shape index (κ1) is 27.8. The van der Waals surface area contributed by atoms with Gasteiger partial charge in [0.15, 0.2) is 5.96 Å². The van der Waals surface area contributed by atoms with Crippen LogP contribution in [0.2, 0.25) is 5.02 Å². The predicted molar refractivity (Wildman–Crippen MR) is 119 cm³/mol. The van der Waals surface area contributed by atoms with E-state index in [0.717, 1.165) is 6.08 Å². The zero-order chi connectivity index (χ0) is 26.3. The molecule has 0 fully saturated rings. The van der Waals surface area contributed by atoms with Crippen molar-refractivity contribution in [3.8, 4) is 5.75 Å². The number of halogens is 4. The summed E-state index contributed by atoms with van der Waals surface area (Å²) in [7, 11) is 0. The summed E-state index contributed by atoms with van der Waals surface area (Å²) in [4.78, 5) is 39.8. The van der Waals surface area contributed by atoms with Crippen molar-refractivity contribution in [2.24, 2.45) is 16.5 Å². The van der Waals surface area contributed by atoms with Crippen LogP contribution < -0.4 is 21.5 Å². The first-order valence-corrected chi connectivity index (χ1v) is 10.6. The first-order chi connectivity index (χ1) is 16.3. The van der Waals surface area contributed by atoms with E-state index in [1.54, 1.807) is 0 Å². The number of benzene rings is 1. The molecule has 1 heterocycles. The molecule has 192 valence electrons. The number of ether oxygens (including phenoxy) is 3. The number of aryl methyl sites for hydroxylation is 1. The molecule has 0 spiro atoms. The minimum atomic E-state index is -4.93. The van der Waals surface area contributed by atoms with E-state index in [1.807, 2.05) is 0 Å². The fourth-order valence-electron chi connectivity index (χ4n) is 3.18. The van der Waals surface area contributed by atoms with Crippen molar-refractivity contribution in [3.05, 3.63) is 33.9 Å². The second-order valence-corrected chi connectivity index (χ2v) is 7.93. The van der Waals surface area contributed by atoms with Gasteiger partial charge in [0.25, 0.3) is 0 Å². The molecule has 1 aliphatic rings. The highest BCUT2D eigenvalue weighted by Gasteiger charge is 2.49. The Labute approximate surface area is 203 Å². The number of carbonyl (C=O) groups excluding carboxylic acids is 3. The lowest BCUT2D eigenvalue weighted by Gasteiger charge is -2.29. The number of nitrogens with one attached hydrogen (secondary N) is 1. The molecular weight excluding hydrogens is 497 g/mol. The Balaban J connectivity index is 2.08. The lowest BCUT2D eigenvalue weighted by Crippen LogP contribution is -2.42. The van der Waals surface area contributed by atoms with Gasteiger partial charge in [-0.15, -0.1) is 0 Å². The number of nitrogens with zero attached hydrogens (tertiary/aromatic N) is 1. The highest BCUT2D eigenvalue weighted by atomic mass is 35.5. The largest absolute Gasteiger partial charge is 0.475 e. The number of hydrogen-bond acceptors (Lipinski definition) is 7. The summed E-state index contributed by atoms with van der Waals surface area (Å²) in [5, 5.41) is 2.59. The second kappa shape index (κ2) is 11.8. The molecular formula is C21H24ClF3N4O6. The van der Waals surface area contributed by atoms with Gasteiger partial charge in [-0.25, -0.2) is 9.59 Å². The summed E-state index contributed by atoms with van der Waals surface area (Å²) in [6, 6.07) is 1.65. The Bertz CT molecular complexity index is 1040. The van der Waals surface area contributed by atoms with Gasteiger partial charge < -0.3 is 31.0 Å². The molecule has 5 N–H and O–H groups in total. The average molecular weight is 521 g/mol. The van der Waals surface area contributed by atoms with Crippen molar-refractivity contribution in [1.82, 2.24) is 5.32 Å². The van der Waals surface area contributed by atoms with Gasteiger partial charge in [-0.3, -0.25) is 9.79 Å². The number of guanidine groups is 1. The van der Waals surface area contributed by atoms with Crippen molar-refractivity contribution in [1.29, 1.82) is 0 Å². The maximum atomic E-state index is 13.6. The average Bonchev–Trinajstić information content (AvgIpc) is 2.73. The van der Waals surface area contributed by atoms with Gasteiger partial charge in [0.1, 0.15) is 11.8 Å². The van der Waals surface area contributed by atoms with Crippen LogP contribution in [0.5, 0.6) is 5.75 Å². The van der Waals surface area contributed by atoms with Crippen molar-refractivity contribution >= 4 is 41.5 Å². The number of rotatable bonds is 9. The van der Waals surface area contributed by atoms with Gasteiger partial charge >= 0.3 is 18.1 Å². The molecule has 0 aliphatic carbocycles. The van der Waals surface area contributed by atoms with E-state index in [-0.39, 0.29) is 35.3 Å².